The normalized spacial score (nSPS) is 30.1. The molecule has 8 aliphatic heterocycles. The lowest BCUT2D eigenvalue weighted by Crippen LogP contribution is -2.63. The third-order valence-corrected chi connectivity index (χ3v) is 19.4. The summed E-state index contributed by atoms with van der Waals surface area (Å²) >= 11 is 0. The van der Waals surface area contributed by atoms with Gasteiger partial charge in [0, 0.05) is 112 Å². The number of nitrogens with zero attached hydrogens (tertiary/aromatic N) is 8. The predicted molar refractivity (Wildman–Crippen MR) is 304 cm³/mol. The van der Waals surface area contributed by atoms with Crippen molar-refractivity contribution in [2.45, 2.75) is 141 Å². The number of methoxy groups -OCH3 is 1. The molecule has 18 nitrogen and oxygen atoms in total. The third kappa shape index (κ3) is 11.8. The lowest BCUT2D eigenvalue weighted by atomic mass is 9.84. The number of carbonyl (C=O) groups is 4. The zero-order valence-electron chi connectivity index (χ0n) is 48.7. The fourth-order valence-corrected chi connectivity index (χ4v) is 14.8. The Bertz CT molecular complexity index is 2960. The van der Waals surface area contributed by atoms with Crippen molar-refractivity contribution < 1.29 is 46.6 Å². The number of cyclic esters (lactones) is 1. The number of piperazine rings is 1. The number of nitrogens with one attached hydrogen (secondary N) is 3. The van der Waals surface area contributed by atoms with E-state index in [1.165, 1.54) is 22.4 Å². The largest absolute Gasteiger partial charge is 0.464 e. The van der Waals surface area contributed by atoms with E-state index in [1.807, 2.05) is 63.9 Å². The molecule has 1 saturated carbocycles. The Morgan fingerprint density at radius 2 is 1.79 bits per heavy atom. The summed E-state index contributed by atoms with van der Waals surface area (Å²) in [4.78, 5) is 74.1. The van der Waals surface area contributed by atoms with Crippen molar-refractivity contribution in [2.75, 3.05) is 110 Å². The molecule has 82 heavy (non-hydrogen) atoms. The fourth-order valence-electron chi connectivity index (χ4n) is 14.8. The number of benzene rings is 1. The molecule has 3 aromatic rings. The molecule has 1 aromatic carbocycles. The molecule has 446 valence electrons. The number of alkyl halides is 3. The molecule has 3 amide bonds. The Morgan fingerprint density at radius 1 is 0.976 bits per heavy atom. The fraction of sp³-hybridized carbons (Fsp3) is 0.689. The maximum atomic E-state index is 15.3. The Balaban J connectivity index is 0.873. The minimum absolute atomic E-state index is 0.0590. The summed E-state index contributed by atoms with van der Waals surface area (Å²) in [5.41, 5.74) is 7.44. The molecule has 21 heteroatoms. The van der Waals surface area contributed by atoms with Crippen LogP contribution in [0.1, 0.15) is 102 Å². The number of amides is 3. The van der Waals surface area contributed by atoms with Gasteiger partial charge in [-0.25, -0.2) is 5.43 Å². The number of hydrazine groups is 1. The zero-order valence-corrected chi connectivity index (χ0v) is 48.7. The van der Waals surface area contributed by atoms with Crippen molar-refractivity contribution in [3.63, 3.8) is 0 Å². The third-order valence-electron chi connectivity index (χ3n) is 19.4. The second-order valence-corrected chi connectivity index (χ2v) is 26.5. The molecule has 3 N–H and O–H groups in total. The lowest BCUT2D eigenvalue weighted by molar-refractivity contribution is -0.155. The van der Waals surface area contributed by atoms with Gasteiger partial charge in [0.15, 0.2) is 0 Å². The Labute approximate surface area is 479 Å². The van der Waals surface area contributed by atoms with E-state index < -0.39 is 48.3 Å². The van der Waals surface area contributed by atoms with Crippen molar-refractivity contribution >= 4 is 45.9 Å². The van der Waals surface area contributed by atoms with E-state index in [0.717, 1.165) is 55.8 Å². The maximum Gasteiger partial charge on any atom is 0.406 e. The molecule has 1 unspecified atom stereocenters. The summed E-state index contributed by atoms with van der Waals surface area (Å²) in [5.74, 6) is -0.376. The Kier molecular flexibility index (Phi) is 15.8. The summed E-state index contributed by atoms with van der Waals surface area (Å²) in [6.45, 7) is 17.2. The van der Waals surface area contributed by atoms with Gasteiger partial charge in [-0.1, -0.05) is 39.8 Å². The van der Waals surface area contributed by atoms with Crippen LogP contribution in [0.3, 0.4) is 0 Å². The molecule has 9 atom stereocenters. The number of hydrogen-bond acceptors (Lipinski definition) is 14. The average molecular weight is 1140 g/mol. The molecule has 7 fully saturated rings. The first-order chi connectivity index (χ1) is 39.2. The van der Waals surface area contributed by atoms with Crippen LogP contribution < -0.4 is 21.0 Å². The summed E-state index contributed by atoms with van der Waals surface area (Å²) in [7, 11) is 1.57. The number of esters is 1. The summed E-state index contributed by atoms with van der Waals surface area (Å²) < 4.78 is 65.2. The van der Waals surface area contributed by atoms with Gasteiger partial charge in [-0.3, -0.25) is 49.2 Å². The summed E-state index contributed by atoms with van der Waals surface area (Å²) in [5, 5.41) is 8.83. The topological polar surface area (TPSA) is 179 Å². The van der Waals surface area contributed by atoms with E-state index in [9.17, 15) is 14.4 Å². The summed E-state index contributed by atoms with van der Waals surface area (Å²) in [6, 6.07) is 5.74. The van der Waals surface area contributed by atoms with Gasteiger partial charge in [-0.2, -0.15) is 13.2 Å². The standard InChI is InChI=1S/C61H84F3N11O7/c1-37(2)53(72-19-15-60(33-72)16-20-73(34-60)57(78)52-51(67-52)39-11-12-39)55(76)66-48-31-69-17-7-9-41(29-69)40-13-14-49-44(25-40)46(27-59(4,5)36-82-58(79)47-10-8-18-75(68-47)56(48)77)54(74(49)35-61(62,63)64)45-26-42(28-65-50(45)38(3)80-6)71-22-21-70-23-24-81-32-43(70)30-71/h9,13-14,25-26,28,37-39,43,47-48,51-53,67-68H,7-8,10-12,15-24,27,29-36H2,1-6H3,(H,66,76)/t38-,43-,47-,48-,51+,52+,53-,60-/m0/s1. The molecule has 0 radical (unpaired) electrons. The second-order valence-electron chi connectivity index (χ2n) is 26.5. The van der Waals surface area contributed by atoms with Crippen LogP contribution in [0.2, 0.25) is 0 Å². The minimum Gasteiger partial charge on any atom is -0.464 e. The number of fused-ring (bicyclic) bond motifs is 7. The maximum absolute atomic E-state index is 15.3. The lowest BCUT2D eigenvalue weighted by Gasteiger charge is -2.44. The molecule has 10 heterocycles. The number of halogens is 3. The van der Waals surface area contributed by atoms with E-state index in [2.05, 4.69) is 41.7 Å². The molecule has 12 rings (SSSR count). The van der Waals surface area contributed by atoms with Crippen LogP contribution in [0.25, 0.3) is 27.7 Å². The molecular weight excluding hydrogens is 1060 g/mol. The molecule has 2 aromatic heterocycles. The number of aromatic nitrogens is 2. The van der Waals surface area contributed by atoms with Gasteiger partial charge in [0.25, 0.3) is 5.91 Å². The monoisotopic (exact) mass is 1140 g/mol. The van der Waals surface area contributed by atoms with Crippen molar-refractivity contribution in [3.8, 4) is 11.3 Å². The highest BCUT2D eigenvalue weighted by Gasteiger charge is 2.55. The number of ether oxygens (including phenoxy) is 3. The first-order valence-corrected chi connectivity index (χ1v) is 30.3. The van der Waals surface area contributed by atoms with E-state index >= 15 is 18.0 Å². The highest BCUT2D eigenvalue weighted by molar-refractivity contribution is 5.95. The Morgan fingerprint density at radius 3 is 2.57 bits per heavy atom. The van der Waals surface area contributed by atoms with Crippen molar-refractivity contribution in [1.29, 1.82) is 0 Å². The van der Waals surface area contributed by atoms with Crippen LogP contribution in [-0.4, -0.2) is 206 Å². The molecule has 6 saturated heterocycles. The van der Waals surface area contributed by atoms with E-state index in [1.54, 1.807) is 13.2 Å². The average Bonchev–Trinajstić information content (AvgIpc) is 4.56. The molecule has 1 aliphatic carbocycles. The quantitative estimate of drug-likeness (QED) is 0.165. The molecule has 1 spiro atoms. The van der Waals surface area contributed by atoms with Gasteiger partial charge in [-0.05, 0) is 112 Å². The minimum atomic E-state index is -4.60. The molecule has 9 aliphatic rings. The highest BCUT2D eigenvalue weighted by Crippen LogP contribution is 2.46. The van der Waals surface area contributed by atoms with Gasteiger partial charge in [-0.15, -0.1) is 0 Å². The van der Waals surface area contributed by atoms with Crippen LogP contribution in [0.5, 0.6) is 0 Å². The van der Waals surface area contributed by atoms with Crippen molar-refractivity contribution in [2.24, 2.45) is 22.7 Å². The number of carbonyl (C=O) groups excluding carboxylic acids is 4. The van der Waals surface area contributed by atoms with Gasteiger partial charge in [0.05, 0.1) is 61.3 Å². The number of hydrogen-bond donors (Lipinski definition) is 3. The number of pyridine rings is 1. The van der Waals surface area contributed by atoms with Gasteiger partial charge < -0.3 is 33.9 Å². The predicted octanol–water partition coefficient (Wildman–Crippen LogP) is 5.39. The van der Waals surface area contributed by atoms with E-state index in [0.29, 0.717) is 124 Å². The number of anilines is 1. The second kappa shape index (κ2) is 22.7. The molecule has 6 bridgehead atoms. The van der Waals surface area contributed by atoms with Crippen LogP contribution >= 0.6 is 0 Å². The first kappa shape index (κ1) is 57.3. The van der Waals surface area contributed by atoms with Crippen LogP contribution in [0.15, 0.2) is 36.5 Å². The smallest absolute Gasteiger partial charge is 0.406 e. The van der Waals surface area contributed by atoms with E-state index in [4.69, 9.17) is 19.2 Å². The number of morpholine rings is 1. The molecular formula is C61H84F3N11O7. The Hall–Kier alpha value is -5.16. The SMILES string of the molecule is CO[C@@H](C)c1ncc(N2CCN3CCOC[C@@H]3C2)cc1-c1c2c3cc(ccc3n1CC(F)(F)F)C1=CCCN(C1)C[C@H](NC(=O)[C@H](C(C)C)N1CC[C@]3(CCN(C(=O)[C@@H]4N[C@@H]4C4CC4)C3)C1)C(=O)N1CCC[C@H](N1)C(=O)OCC(C)(C)C2. The van der Waals surface area contributed by atoms with Crippen LogP contribution in [-0.2, 0) is 46.4 Å². The highest BCUT2D eigenvalue weighted by atomic mass is 19.4. The van der Waals surface area contributed by atoms with Gasteiger partial charge in [0.2, 0.25) is 11.8 Å². The van der Waals surface area contributed by atoms with Crippen molar-refractivity contribution in [1.82, 2.24) is 50.2 Å². The van der Waals surface area contributed by atoms with Crippen LogP contribution in [0, 0.1) is 22.7 Å². The van der Waals surface area contributed by atoms with Crippen LogP contribution in [0.4, 0.5) is 18.9 Å². The van der Waals surface area contributed by atoms with Gasteiger partial charge in [0.1, 0.15) is 24.7 Å². The zero-order chi connectivity index (χ0) is 57.4. The number of likely N-dealkylation sites (tertiary alicyclic amines) is 2. The van der Waals surface area contributed by atoms with Crippen molar-refractivity contribution in [3.05, 3.63) is 53.4 Å². The van der Waals surface area contributed by atoms with Gasteiger partial charge >= 0.3 is 12.1 Å². The van der Waals surface area contributed by atoms with E-state index in [-0.39, 0.29) is 60.7 Å². The summed E-state index contributed by atoms with van der Waals surface area (Å²) in [6.07, 6.45) is 4.77. The first-order valence-electron chi connectivity index (χ1n) is 30.3. The number of rotatable bonds is 11.